The van der Waals surface area contributed by atoms with Gasteiger partial charge in [0.15, 0.2) is 0 Å². The highest BCUT2D eigenvalue weighted by atomic mass is 79.9. The lowest BCUT2D eigenvalue weighted by Gasteiger charge is -2.16. The Hall–Kier alpha value is -1.49. The molecule has 0 amide bonds. The van der Waals surface area contributed by atoms with Gasteiger partial charge in [-0.1, -0.05) is 13.8 Å². The maximum Gasteiger partial charge on any atom is 0.131 e. The molecule has 1 aromatic carbocycles. The smallest absolute Gasteiger partial charge is 0.131 e. The molecule has 0 saturated heterocycles. The molecule has 4 nitrogen and oxygen atoms in total. The van der Waals surface area contributed by atoms with Crippen molar-refractivity contribution in [3.05, 3.63) is 39.1 Å². The number of nitrogens with zero attached hydrogens (tertiary/aromatic N) is 2. The molecule has 1 aromatic heterocycles. The van der Waals surface area contributed by atoms with Gasteiger partial charge in [-0.25, -0.2) is 0 Å². The Kier molecular flexibility index (Phi) is 4.61. The van der Waals surface area contributed by atoms with E-state index in [2.05, 4.69) is 34.9 Å². The fourth-order valence-electron chi connectivity index (χ4n) is 2.28. The number of aryl methyl sites for hydroxylation is 3. The van der Waals surface area contributed by atoms with Gasteiger partial charge in [-0.2, -0.15) is 5.10 Å². The number of rotatable bonds is 4. The normalized spacial score (nSPS) is 11.2. The van der Waals surface area contributed by atoms with Gasteiger partial charge in [0.2, 0.25) is 0 Å². The quantitative estimate of drug-likeness (QED) is 0.844. The third kappa shape index (κ3) is 3.23. The number of ether oxygens (including phenoxy) is 1. The van der Waals surface area contributed by atoms with Crippen molar-refractivity contribution in [1.82, 2.24) is 9.78 Å². The Balaban J connectivity index is 2.29. The number of hydrogen-bond acceptors (Lipinski definition) is 3. The molecule has 0 spiro atoms. The molecule has 2 N–H and O–H groups in total. The van der Waals surface area contributed by atoms with Crippen LogP contribution in [0.25, 0.3) is 0 Å². The first-order chi connectivity index (χ1) is 9.81. The molecular weight excluding hydrogens is 330 g/mol. The van der Waals surface area contributed by atoms with E-state index in [0.717, 1.165) is 38.4 Å². The standard InChI is InChI=1S/C16H22BrN3O/c1-9(2)12-7-13(18)10(3)6-15(12)21-8-14-16(17)11(4)19-20(14)5/h6-7,9H,8,18H2,1-5H3. The SMILES string of the molecule is Cc1cc(OCc2c(Br)c(C)nn2C)c(C(C)C)cc1N. The van der Waals surface area contributed by atoms with E-state index in [1.54, 1.807) is 0 Å². The summed E-state index contributed by atoms with van der Waals surface area (Å²) in [5.41, 5.74) is 11.0. The molecule has 0 aliphatic rings. The Morgan fingerprint density at radius 1 is 1.33 bits per heavy atom. The summed E-state index contributed by atoms with van der Waals surface area (Å²) in [4.78, 5) is 0. The molecule has 0 aliphatic heterocycles. The minimum absolute atomic E-state index is 0.361. The second kappa shape index (κ2) is 6.10. The van der Waals surface area contributed by atoms with Crippen molar-refractivity contribution >= 4 is 21.6 Å². The molecule has 0 fully saturated rings. The van der Waals surface area contributed by atoms with E-state index < -0.39 is 0 Å². The molecule has 2 rings (SSSR count). The summed E-state index contributed by atoms with van der Waals surface area (Å²) >= 11 is 3.56. The highest BCUT2D eigenvalue weighted by molar-refractivity contribution is 9.10. The fraction of sp³-hybridized carbons (Fsp3) is 0.438. The Morgan fingerprint density at radius 3 is 2.52 bits per heavy atom. The zero-order valence-corrected chi connectivity index (χ0v) is 14.8. The third-order valence-corrected chi connectivity index (χ3v) is 4.68. The lowest BCUT2D eigenvalue weighted by molar-refractivity contribution is 0.290. The van der Waals surface area contributed by atoms with E-state index in [1.165, 1.54) is 0 Å². The summed E-state index contributed by atoms with van der Waals surface area (Å²) in [5.74, 6) is 1.25. The summed E-state index contributed by atoms with van der Waals surface area (Å²) in [5, 5.41) is 4.38. The summed E-state index contributed by atoms with van der Waals surface area (Å²) in [6.45, 7) is 8.72. The van der Waals surface area contributed by atoms with Crippen molar-refractivity contribution in [3.8, 4) is 5.75 Å². The average Bonchev–Trinajstić information content (AvgIpc) is 2.64. The molecule has 0 atom stereocenters. The molecule has 2 aromatic rings. The first kappa shape index (κ1) is 15.9. The van der Waals surface area contributed by atoms with E-state index in [-0.39, 0.29) is 0 Å². The van der Waals surface area contributed by atoms with E-state index in [1.807, 2.05) is 37.7 Å². The van der Waals surface area contributed by atoms with Crippen LogP contribution in [0.2, 0.25) is 0 Å². The molecule has 21 heavy (non-hydrogen) atoms. The topological polar surface area (TPSA) is 53.1 Å². The lowest BCUT2D eigenvalue weighted by Crippen LogP contribution is -2.06. The maximum atomic E-state index is 6.05. The number of nitrogens with two attached hydrogens (primary N) is 1. The molecule has 114 valence electrons. The number of benzene rings is 1. The molecule has 1 heterocycles. The first-order valence-corrected chi connectivity index (χ1v) is 7.81. The van der Waals surface area contributed by atoms with Crippen LogP contribution in [-0.4, -0.2) is 9.78 Å². The van der Waals surface area contributed by atoms with Gasteiger partial charge in [0.25, 0.3) is 0 Å². The van der Waals surface area contributed by atoms with Crippen LogP contribution in [0, 0.1) is 13.8 Å². The van der Waals surface area contributed by atoms with Crippen molar-refractivity contribution in [2.45, 2.75) is 40.2 Å². The predicted molar refractivity (Wildman–Crippen MR) is 89.7 cm³/mol. The fourth-order valence-corrected chi connectivity index (χ4v) is 2.73. The number of aromatic nitrogens is 2. The largest absolute Gasteiger partial charge is 0.487 e. The number of halogens is 1. The highest BCUT2D eigenvalue weighted by Gasteiger charge is 2.14. The minimum Gasteiger partial charge on any atom is -0.487 e. The predicted octanol–water partition coefficient (Wildman–Crippen LogP) is 4.08. The van der Waals surface area contributed by atoms with Crippen LogP contribution >= 0.6 is 15.9 Å². The van der Waals surface area contributed by atoms with Gasteiger partial charge < -0.3 is 10.5 Å². The summed E-state index contributed by atoms with van der Waals surface area (Å²) < 4.78 is 8.90. The van der Waals surface area contributed by atoms with Crippen molar-refractivity contribution in [2.24, 2.45) is 7.05 Å². The van der Waals surface area contributed by atoms with Crippen molar-refractivity contribution in [1.29, 1.82) is 0 Å². The summed E-state index contributed by atoms with van der Waals surface area (Å²) in [6, 6.07) is 4.03. The zero-order valence-electron chi connectivity index (χ0n) is 13.2. The summed E-state index contributed by atoms with van der Waals surface area (Å²) in [6.07, 6.45) is 0. The van der Waals surface area contributed by atoms with Gasteiger partial charge in [0, 0.05) is 12.7 Å². The van der Waals surface area contributed by atoms with Crippen LogP contribution in [0.1, 0.15) is 42.3 Å². The Bertz CT molecular complexity index is 662. The molecular formula is C16H22BrN3O. The average molecular weight is 352 g/mol. The van der Waals surface area contributed by atoms with Crippen molar-refractivity contribution < 1.29 is 4.74 Å². The Morgan fingerprint density at radius 2 is 2.00 bits per heavy atom. The van der Waals surface area contributed by atoms with Crippen molar-refractivity contribution in [3.63, 3.8) is 0 Å². The van der Waals surface area contributed by atoms with Crippen LogP contribution in [0.15, 0.2) is 16.6 Å². The number of hydrogen-bond donors (Lipinski definition) is 1. The minimum atomic E-state index is 0.361. The summed E-state index contributed by atoms with van der Waals surface area (Å²) in [7, 11) is 1.92. The van der Waals surface area contributed by atoms with Gasteiger partial charge in [0.05, 0.1) is 15.9 Å². The number of anilines is 1. The van der Waals surface area contributed by atoms with Gasteiger partial charge in [-0.05, 0) is 59.0 Å². The lowest BCUT2D eigenvalue weighted by atomic mass is 9.99. The third-order valence-electron chi connectivity index (χ3n) is 3.65. The van der Waals surface area contributed by atoms with Gasteiger partial charge >= 0.3 is 0 Å². The highest BCUT2D eigenvalue weighted by Crippen LogP contribution is 2.32. The van der Waals surface area contributed by atoms with E-state index in [4.69, 9.17) is 10.5 Å². The van der Waals surface area contributed by atoms with E-state index in [9.17, 15) is 0 Å². The molecule has 0 radical (unpaired) electrons. The molecule has 5 heteroatoms. The van der Waals surface area contributed by atoms with Crippen LogP contribution in [0.5, 0.6) is 5.75 Å². The second-order valence-electron chi connectivity index (χ2n) is 5.66. The molecule has 0 saturated carbocycles. The second-order valence-corrected chi connectivity index (χ2v) is 6.45. The van der Waals surface area contributed by atoms with Gasteiger partial charge in [-0.3, -0.25) is 4.68 Å². The van der Waals surface area contributed by atoms with E-state index in [0.29, 0.717) is 12.5 Å². The molecule has 0 aliphatic carbocycles. The molecule has 0 bridgehead atoms. The van der Waals surface area contributed by atoms with Crippen LogP contribution < -0.4 is 10.5 Å². The molecule has 0 unspecified atom stereocenters. The van der Waals surface area contributed by atoms with Crippen LogP contribution in [0.3, 0.4) is 0 Å². The first-order valence-electron chi connectivity index (χ1n) is 7.02. The van der Waals surface area contributed by atoms with Crippen LogP contribution in [-0.2, 0) is 13.7 Å². The van der Waals surface area contributed by atoms with Crippen molar-refractivity contribution in [2.75, 3.05) is 5.73 Å². The van der Waals surface area contributed by atoms with Gasteiger partial charge in [-0.15, -0.1) is 0 Å². The van der Waals surface area contributed by atoms with Crippen LogP contribution in [0.4, 0.5) is 5.69 Å². The zero-order chi connectivity index (χ0) is 15.7. The maximum absolute atomic E-state index is 6.05. The monoisotopic (exact) mass is 351 g/mol. The van der Waals surface area contributed by atoms with Gasteiger partial charge in [0.1, 0.15) is 12.4 Å². The number of nitrogen functional groups attached to an aromatic ring is 1. The Labute approximate surface area is 134 Å². The van der Waals surface area contributed by atoms with E-state index >= 15 is 0 Å².